The molecule has 0 bridgehead atoms. The van der Waals surface area contributed by atoms with Gasteiger partial charge in [0.1, 0.15) is 11.3 Å². The lowest BCUT2D eigenvalue weighted by atomic mass is 10.0. The Morgan fingerprint density at radius 1 is 1.25 bits per heavy atom. The molecule has 0 atom stereocenters. The molecular weight excluding hydrogens is 198 g/mol. The average molecular weight is 217 g/mol. The molecule has 16 heavy (non-hydrogen) atoms. The second-order valence-corrected chi connectivity index (χ2v) is 4.42. The molecule has 2 aromatic rings. The average Bonchev–Trinajstić information content (AvgIpc) is 2.58. The van der Waals surface area contributed by atoms with Gasteiger partial charge in [0.15, 0.2) is 0 Å². The zero-order valence-electron chi connectivity index (χ0n) is 10.3. The van der Waals surface area contributed by atoms with E-state index in [-0.39, 0.29) is 0 Å². The third-order valence-electron chi connectivity index (χ3n) is 2.99. The standard InChI is InChI=1S/C14H19NO/c1-4-5-11-12-7-9(2)6-10(3)14(12)16-13(11)8-15/h6-7H,4-5,8,15H2,1-3H3. The van der Waals surface area contributed by atoms with Crippen LogP contribution in [0.25, 0.3) is 11.0 Å². The van der Waals surface area contributed by atoms with Gasteiger partial charge >= 0.3 is 0 Å². The highest BCUT2D eigenvalue weighted by atomic mass is 16.3. The smallest absolute Gasteiger partial charge is 0.137 e. The fourth-order valence-electron chi connectivity index (χ4n) is 2.34. The van der Waals surface area contributed by atoms with Gasteiger partial charge in [0.2, 0.25) is 0 Å². The maximum absolute atomic E-state index is 5.86. The predicted molar refractivity (Wildman–Crippen MR) is 67.6 cm³/mol. The molecule has 0 saturated carbocycles. The molecule has 0 saturated heterocycles. The molecule has 2 rings (SSSR count). The first-order valence-corrected chi connectivity index (χ1v) is 5.89. The number of aryl methyl sites for hydroxylation is 3. The molecular formula is C14H19NO. The first kappa shape index (κ1) is 11.2. The SMILES string of the molecule is CCCc1c(CN)oc2c(C)cc(C)cc12. The summed E-state index contributed by atoms with van der Waals surface area (Å²) in [5.41, 5.74) is 10.5. The van der Waals surface area contributed by atoms with Crippen LogP contribution >= 0.6 is 0 Å². The van der Waals surface area contributed by atoms with Gasteiger partial charge in [-0.1, -0.05) is 19.4 Å². The van der Waals surface area contributed by atoms with E-state index in [4.69, 9.17) is 10.2 Å². The van der Waals surface area contributed by atoms with Crippen LogP contribution < -0.4 is 5.73 Å². The summed E-state index contributed by atoms with van der Waals surface area (Å²) in [4.78, 5) is 0. The van der Waals surface area contributed by atoms with Gasteiger partial charge in [0.05, 0.1) is 6.54 Å². The van der Waals surface area contributed by atoms with Crippen molar-refractivity contribution in [1.29, 1.82) is 0 Å². The number of hydrogen-bond acceptors (Lipinski definition) is 2. The van der Waals surface area contributed by atoms with Crippen molar-refractivity contribution in [3.05, 3.63) is 34.6 Å². The van der Waals surface area contributed by atoms with Crippen LogP contribution in [0.4, 0.5) is 0 Å². The van der Waals surface area contributed by atoms with Crippen molar-refractivity contribution in [2.24, 2.45) is 5.73 Å². The van der Waals surface area contributed by atoms with E-state index in [0.29, 0.717) is 6.54 Å². The summed E-state index contributed by atoms with van der Waals surface area (Å²) in [6, 6.07) is 4.36. The van der Waals surface area contributed by atoms with Crippen LogP contribution in [-0.4, -0.2) is 0 Å². The van der Waals surface area contributed by atoms with E-state index in [9.17, 15) is 0 Å². The zero-order chi connectivity index (χ0) is 11.7. The molecule has 0 fully saturated rings. The maximum Gasteiger partial charge on any atom is 0.137 e. The van der Waals surface area contributed by atoms with Gasteiger partial charge in [0, 0.05) is 10.9 Å². The first-order valence-electron chi connectivity index (χ1n) is 5.89. The predicted octanol–water partition coefficient (Wildman–Crippen LogP) is 3.46. The molecule has 1 aromatic carbocycles. The van der Waals surface area contributed by atoms with E-state index in [1.165, 1.54) is 22.1 Å². The molecule has 0 amide bonds. The molecule has 0 spiro atoms. The molecule has 0 radical (unpaired) electrons. The Hall–Kier alpha value is -1.28. The van der Waals surface area contributed by atoms with Crippen LogP contribution in [0.1, 0.15) is 35.8 Å². The molecule has 0 aliphatic rings. The second kappa shape index (κ2) is 4.30. The van der Waals surface area contributed by atoms with E-state index in [1.807, 2.05) is 0 Å². The van der Waals surface area contributed by atoms with Gasteiger partial charge in [-0.15, -0.1) is 0 Å². The Morgan fingerprint density at radius 2 is 2.00 bits per heavy atom. The molecule has 1 aromatic heterocycles. The zero-order valence-corrected chi connectivity index (χ0v) is 10.3. The second-order valence-electron chi connectivity index (χ2n) is 4.42. The van der Waals surface area contributed by atoms with Gasteiger partial charge < -0.3 is 10.2 Å². The fourth-order valence-corrected chi connectivity index (χ4v) is 2.34. The highest BCUT2D eigenvalue weighted by molar-refractivity contribution is 5.85. The van der Waals surface area contributed by atoms with E-state index in [2.05, 4.69) is 32.9 Å². The highest BCUT2D eigenvalue weighted by Crippen LogP contribution is 2.30. The van der Waals surface area contributed by atoms with Crippen LogP contribution in [0, 0.1) is 13.8 Å². The minimum Gasteiger partial charge on any atom is -0.459 e. The van der Waals surface area contributed by atoms with E-state index < -0.39 is 0 Å². The summed E-state index contributed by atoms with van der Waals surface area (Å²) in [7, 11) is 0. The van der Waals surface area contributed by atoms with Crippen molar-refractivity contribution < 1.29 is 4.42 Å². The number of rotatable bonds is 3. The Bertz CT molecular complexity index is 511. The Labute approximate surface area is 96.4 Å². The van der Waals surface area contributed by atoms with Crippen LogP contribution in [0.3, 0.4) is 0 Å². The Kier molecular flexibility index (Phi) is 3.01. The van der Waals surface area contributed by atoms with Gasteiger partial charge in [0.25, 0.3) is 0 Å². The summed E-state index contributed by atoms with van der Waals surface area (Å²) < 4.78 is 5.86. The largest absolute Gasteiger partial charge is 0.459 e. The fraction of sp³-hybridized carbons (Fsp3) is 0.429. The van der Waals surface area contributed by atoms with Crippen molar-refractivity contribution in [2.75, 3.05) is 0 Å². The number of benzene rings is 1. The number of hydrogen-bond donors (Lipinski definition) is 1. The lowest BCUT2D eigenvalue weighted by Gasteiger charge is -2.00. The quantitative estimate of drug-likeness (QED) is 0.855. The van der Waals surface area contributed by atoms with Crippen LogP contribution in [-0.2, 0) is 13.0 Å². The lowest BCUT2D eigenvalue weighted by Crippen LogP contribution is -1.98. The molecule has 0 aliphatic carbocycles. The summed E-state index contributed by atoms with van der Waals surface area (Å²) in [6.45, 7) is 6.89. The summed E-state index contributed by atoms with van der Waals surface area (Å²) >= 11 is 0. The summed E-state index contributed by atoms with van der Waals surface area (Å²) in [6.07, 6.45) is 2.16. The normalized spacial score (nSPS) is 11.2. The summed E-state index contributed by atoms with van der Waals surface area (Å²) in [5, 5.41) is 1.25. The third-order valence-corrected chi connectivity index (χ3v) is 2.99. The monoisotopic (exact) mass is 217 g/mol. The Morgan fingerprint density at radius 3 is 2.62 bits per heavy atom. The topological polar surface area (TPSA) is 39.2 Å². The third kappa shape index (κ3) is 1.74. The number of fused-ring (bicyclic) bond motifs is 1. The van der Waals surface area contributed by atoms with Crippen LogP contribution in [0.15, 0.2) is 16.5 Å². The van der Waals surface area contributed by atoms with Crippen LogP contribution in [0.2, 0.25) is 0 Å². The number of furan rings is 1. The molecule has 2 N–H and O–H groups in total. The van der Waals surface area contributed by atoms with E-state index in [1.54, 1.807) is 0 Å². The van der Waals surface area contributed by atoms with Crippen LogP contribution in [0.5, 0.6) is 0 Å². The van der Waals surface area contributed by atoms with Crippen molar-refractivity contribution in [3.8, 4) is 0 Å². The van der Waals surface area contributed by atoms with Crippen molar-refractivity contribution >= 4 is 11.0 Å². The molecule has 0 unspecified atom stereocenters. The minimum absolute atomic E-state index is 0.489. The van der Waals surface area contributed by atoms with Crippen molar-refractivity contribution in [1.82, 2.24) is 0 Å². The minimum atomic E-state index is 0.489. The van der Waals surface area contributed by atoms with Gasteiger partial charge in [-0.05, 0) is 37.5 Å². The van der Waals surface area contributed by atoms with Gasteiger partial charge in [-0.2, -0.15) is 0 Å². The van der Waals surface area contributed by atoms with Gasteiger partial charge in [-0.3, -0.25) is 0 Å². The van der Waals surface area contributed by atoms with E-state index >= 15 is 0 Å². The first-order chi connectivity index (χ1) is 7.67. The van der Waals surface area contributed by atoms with Crippen molar-refractivity contribution in [3.63, 3.8) is 0 Å². The number of nitrogens with two attached hydrogens (primary N) is 1. The Balaban J connectivity index is 2.73. The lowest BCUT2D eigenvalue weighted by molar-refractivity contribution is 0.543. The molecule has 0 aliphatic heterocycles. The molecule has 1 heterocycles. The molecule has 2 nitrogen and oxygen atoms in total. The summed E-state index contributed by atoms with van der Waals surface area (Å²) in [5.74, 6) is 0.950. The molecule has 2 heteroatoms. The highest BCUT2D eigenvalue weighted by Gasteiger charge is 2.14. The molecule has 86 valence electrons. The van der Waals surface area contributed by atoms with E-state index in [0.717, 1.165) is 24.2 Å². The maximum atomic E-state index is 5.86. The van der Waals surface area contributed by atoms with Crippen molar-refractivity contribution in [2.45, 2.75) is 40.2 Å². The van der Waals surface area contributed by atoms with Gasteiger partial charge in [-0.25, -0.2) is 0 Å².